The largest absolute Gasteiger partial charge is 0.466 e. The average molecular weight is 236 g/mol. The molecule has 0 bridgehead atoms. The number of tetrazole rings is 1. The van der Waals surface area contributed by atoms with E-state index in [1.807, 2.05) is 0 Å². The smallest absolute Gasteiger partial charge is 0.307 e. The van der Waals surface area contributed by atoms with Gasteiger partial charge in [-0.1, -0.05) is 0 Å². The van der Waals surface area contributed by atoms with Crippen molar-refractivity contribution in [3.63, 3.8) is 0 Å². The first kappa shape index (κ1) is 11.3. The lowest BCUT2D eigenvalue weighted by Gasteiger charge is -1.99. The fraction of sp³-hybridized carbons (Fsp3) is 0.400. The van der Waals surface area contributed by atoms with E-state index < -0.39 is 0 Å². The van der Waals surface area contributed by atoms with Crippen molar-refractivity contribution in [2.24, 2.45) is 0 Å². The number of rotatable bonds is 5. The molecule has 0 unspecified atom stereocenters. The van der Waals surface area contributed by atoms with E-state index in [1.54, 1.807) is 19.1 Å². The predicted molar refractivity (Wildman–Crippen MR) is 56.8 cm³/mol. The Hall–Kier alpha value is -2.18. The second-order valence-corrected chi connectivity index (χ2v) is 3.24. The van der Waals surface area contributed by atoms with Crippen LogP contribution in [0.25, 0.3) is 11.6 Å². The highest BCUT2D eigenvalue weighted by atomic mass is 16.5. The summed E-state index contributed by atoms with van der Waals surface area (Å²) in [6.07, 6.45) is 1.76. The minimum atomic E-state index is -0.274. The van der Waals surface area contributed by atoms with Crippen LogP contribution in [-0.2, 0) is 16.1 Å². The van der Waals surface area contributed by atoms with Crippen molar-refractivity contribution in [2.75, 3.05) is 6.61 Å². The van der Waals surface area contributed by atoms with Gasteiger partial charge in [0.05, 0.1) is 25.8 Å². The lowest BCUT2D eigenvalue weighted by molar-refractivity contribution is -0.143. The van der Waals surface area contributed by atoms with Crippen molar-refractivity contribution in [3.05, 3.63) is 18.4 Å². The van der Waals surface area contributed by atoms with Gasteiger partial charge in [-0.15, -0.1) is 10.2 Å². The number of hydrogen-bond acceptors (Lipinski definition) is 6. The molecular weight excluding hydrogens is 224 g/mol. The van der Waals surface area contributed by atoms with Gasteiger partial charge in [-0.3, -0.25) is 4.79 Å². The van der Waals surface area contributed by atoms with Gasteiger partial charge >= 0.3 is 5.97 Å². The third-order valence-electron chi connectivity index (χ3n) is 2.02. The first-order chi connectivity index (χ1) is 8.29. The minimum absolute atomic E-state index is 0.224. The van der Waals surface area contributed by atoms with Crippen LogP contribution >= 0.6 is 0 Å². The van der Waals surface area contributed by atoms with E-state index in [0.717, 1.165) is 0 Å². The van der Waals surface area contributed by atoms with E-state index >= 15 is 0 Å². The highest BCUT2D eigenvalue weighted by molar-refractivity contribution is 5.69. The molecule has 2 aromatic heterocycles. The Bertz CT molecular complexity index is 477. The molecule has 7 heteroatoms. The summed E-state index contributed by atoms with van der Waals surface area (Å²) in [5.41, 5.74) is 0. The van der Waals surface area contributed by atoms with Crippen molar-refractivity contribution >= 4 is 5.97 Å². The van der Waals surface area contributed by atoms with Gasteiger partial charge in [0, 0.05) is 0 Å². The molecule has 0 aliphatic heterocycles. The van der Waals surface area contributed by atoms with Crippen molar-refractivity contribution in [1.82, 2.24) is 20.2 Å². The van der Waals surface area contributed by atoms with Gasteiger partial charge in [-0.05, 0) is 24.3 Å². The van der Waals surface area contributed by atoms with Crippen LogP contribution in [0.5, 0.6) is 0 Å². The second kappa shape index (κ2) is 5.24. The maximum atomic E-state index is 11.1. The summed E-state index contributed by atoms with van der Waals surface area (Å²) < 4.78 is 9.92. The van der Waals surface area contributed by atoms with E-state index in [0.29, 0.717) is 24.7 Å². The van der Waals surface area contributed by atoms with Gasteiger partial charge in [-0.2, -0.15) is 4.80 Å². The Balaban J connectivity index is 1.93. The molecule has 0 saturated carbocycles. The molecule has 0 aliphatic carbocycles. The summed E-state index contributed by atoms with van der Waals surface area (Å²) in [4.78, 5) is 12.5. The quantitative estimate of drug-likeness (QED) is 0.717. The average Bonchev–Trinajstić information content (AvgIpc) is 2.97. The van der Waals surface area contributed by atoms with Crippen molar-refractivity contribution in [1.29, 1.82) is 0 Å². The van der Waals surface area contributed by atoms with Gasteiger partial charge < -0.3 is 9.15 Å². The van der Waals surface area contributed by atoms with E-state index in [2.05, 4.69) is 15.4 Å². The monoisotopic (exact) mass is 236 g/mol. The standard InChI is InChI=1S/C10H12N4O3/c1-2-16-9(15)5-6-14-12-10(11-13-14)8-4-3-7-17-8/h3-4,7H,2,5-6H2,1H3. The zero-order chi connectivity index (χ0) is 12.1. The highest BCUT2D eigenvalue weighted by Crippen LogP contribution is 2.12. The topological polar surface area (TPSA) is 83.0 Å². The number of esters is 1. The van der Waals surface area contributed by atoms with E-state index in [1.165, 1.54) is 11.1 Å². The molecule has 17 heavy (non-hydrogen) atoms. The van der Waals surface area contributed by atoms with Crippen LogP contribution < -0.4 is 0 Å². The third-order valence-corrected chi connectivity index (χ3v) is 2.02. The summed E-state index contributed by atoms with van der Waals surface area (Å²) in [6, 6.07) is 3.49. The van der Waals surface area contributed by atoms with Gasteiger partial charge in [0.15, 0.2) is 5.76 Å². The Labute approximate surface area is 97.4 Å². The molecule has 0 amide bonds. The number of carbonyl (C=O) groups is 1. The van der Waals surface area contributed by atoms with Crippen LogP contribution in [0.3, 0.4) is 0 Å². The molecule has 0 aromatic carbocycles. The van der Waals surface area contributed by atoms with Crippen LogP contribution in [0.15, 0.2) is 22.8 Å². The lowest BCUT2D eigenvalue weighted by atomic mass is 10.4. The van der Waals surface area contributed by atoms with Crippen LogP contribution in [0.1, 0.15) is 13.3 Å². The summed E-state index contributed by atoms with van der Waals surface area (Å²) in [5, 5.41) is 11.7. The van der Waals surface area contributed by atoms with E-state index in [-0.39, 0.29) is 12.4 Å². The maximum Gasteiger partial charge on any atom is 0.307 e. The molecule has 0 fully saturated rings. The molecule has 0 spiro atoms. The van der Waals surface area contributed by atoms with Crippen molar-refractivity contribution < 1.29 is 13.9 Å². The first-order valence-electron chi connectivity index (χ1n) is 5.27. The van der Waals surface area contributed by atoms with Gasteiger partial charge in [0.1, 0.15) is 0 Å². The number of furan rings is 1. The van der Waals surface area contributed by atoms with E-state index in [4.69, 9.17) is 9.15 Å². The SMILES string of the molecule is CCOC(=O)CCn1nnc(-c2ccco2)n1. The maximum absolute atomic E-state index is 11.1. The summed E-state index contributed by atoms with van der Waals surface area (Å²) in [6.45, 7) is 2.48. The van der Waals surface area contributed by atoms with Crippen molar-refractivity contribution in [3.8, 4) is 11.6 Å². The molecule has 0 N–H and O–H groups in total. The third kappa shape index (κ3) is 2.90. The van der Waals surface area contributed by atoms with Crippen LogP contribution in [0, 0.1) is 0 Å². The first-order valence-corrected chi connectivity index (χ1v) is 5.27. The fourth-order valence-electron chi connectivity index (χ4n) is 1.27. The van der Waals surface area contributed by atoms with Crippen molar-refractivity contribution in [2.45, 2.75) is 19.9 Å². The Kier molecular flexibility index (Phi) is 3.49. The highest BCUT2D eigenvalue weighted by Gasteiger charge is 2.09. The van der Waals surface area contributed by atoms with Gasteiger partial charge in [0.25, 0.3) is 0 Å². The lowest BCUT2D eigenvalue weighted by Crippen LogP contribution is -2.10. The van der Waals surface area contributed by atoms with E-state index in [9.17, 15) is 4.79 Å². The minimum Gasteiger partial charge on any atom is -0.466 e. The number of hydrogen-bond donors (Lipinski definition) is 0. The molecule has 0 radical (unpaired) electrons. The number of ether oxygens (including phenoxy) is 1. The molecule has 0 aliphatic rings. The predicted octanol–water partition coefficient (Wildman–Crippen LogP) is 0.886. The molecule has 2 aromatic rings. The number of carbonyl (C=O) groups excluding carboxylic acids is 1. The second-order valence-electron chi connectivity index (χ2n) is 3.24. The molecule has 2 rings (SSSR count). The zero-order valence-electron chi connectivity index (χ0n) is 9.37. The Morgan fingerprint density at radius 2 is 2.47 bits per heavy atom. The van der Waals surface area contributed by atoms with Crippen LogP contribution in [0.4, 0.5) is 0 Å². The van der Waals surface area contributed by atoms with Crippen LogP contribution in [-0.4, -0.2) is 32.8 Å². The summed E-state index contributed by atoms with van der Waals surface area (Å²) in [7, 11) is 0. The molecule has 0 atom stereocenters. The molecule has 90 valence electrons. The van der Waals surface area contributed by atoms with Crippen LogP contribution in [0.2, 0.25) is 0 Å². The summed E-state index contributed by atoms with van der Waals surface area (Å²) in [5.74, 6) is 0.676. The summed E-state index contributed by atoms with van der Waals surface area (Å²) >= 11 is 0. The molecule has 7 nitrogen and oxygen atoms in total. The number of aromatic nitrogens is 4. The normalized spacial score (nSPS) is 10.4. The number of aryl methyl sites for hydroxylation is 1. The Morgan fingerprint density at radius 1 is 1.59 bits per heavy atom. The van der Waals surface area contributed by atoms with Gasteiger partial charge in [0.2, 0.25) is 5.82 Å². The molecule has 2 heterocycles. The van der Waals surface area contributed by atoms with Gasteiger partial charge in [-0.25, -0.2) is 0 Å². The fourth-order valence-corrected chi connectivity index (χ4v) is 1.27. The number of nitrogens with zero attached hydrogens (tertiary/aromatic N) is 4. The molecule has 0 saturated heterocycles. The zero-order valence-corrected chi connectivity index (χ0v) is 9.37. The molecular formula is C10H12N4O3. The Morgan fingerprint density at radius 3 is 3.18 bits per heavy atom.